The van der Waals surface area contributed by atoms with Crippen molar-refractivity contribution in [2.45, 2.75) is 19.4 Å². The Morgan fingerprint density at radius 3 is 2.83 bits per heavy atom. The lowest BCUT2D eigenvalue weighted by molar-refractivity contribution is -0.133. The lowest BCUT2D eigenvalue weighted by atomic mass is 9.96. The van der Waals surface area contributed by atoms with Gasteiger partial charge in [-0.2, -0.15) is 0 Å². The first-order valence-corrected chi connectivity index (χ1v) is 8.21. The van der Waals surface area contributed by atoms with E-state index in [-0.39, 0.29) is 11.8 Å². The van der Waals surface area contributed by atoms with E-state index in [9.17, 15) is 9.59 Å². The smallest absolute Gasteiger partial charge is 0.252 e. The topological polar surface area (TPSA) is 74.8 Å². The lowest BCUT2D eigenvalue weighted by Crippen LogP contribution is -2.37. The van der Waals surface area contributed by atoms with Crippen molar-refractivity contribution in [3.8, 4) is 0 Å². The number of nitrogens with one attached hydrogen (secondary N) is 1. The Morgan fingerprint density at radius 2 is 2.12 bits per heavy atom. The van der Waals surface area contributed by atoms with Gasteiger partial charge < -0.3 is 19.9 Å². The molecule has 7 heteroatoms. The highest BCUT2D eigenvalue weighted by Gasteiger charge is 2.24. The summed E-state index contributed by atoms with van der Waals surface area (Å²) in [6, 6.07) is 0. The van der Waals surface area contributed by atoms with Crippen LogP contribution in [0.25, 0.3) is 0 Å². The molecule has 7 nitrogen and oxygen atoms in total. The molecule has 2 heterocycles. The van der Waals surface area contributed by atoms with Crippen LogP contribution in [0.5, 0.6) is 0 Å². The highest BCUT2D eigenvalue weighted by atomic mass is 16.5. The Labute approximate surface area is 143 Å². The molecular formula is C17H26N4O3. The van der Waals surface area contributed by atoms with Crippen molar-refractivity contribution < 1.29 is 14.3 Å². The molecule has 0 fully saturated rings. The third-order valence-electron chi connectivity index (χ3n) is 4.11. The summed E-state index contributed by atoms with van der Waals surface area (Å²) in [5.41, 5.74) is 2.55. The van der Waals surface area contributed by atoms with Crippen molar-refractivity contribution >= 4 is 11.8 Å². The monoisotopic (exact) mass is 334 g/mol. The maximum Gasteiger partial charge on any atom is 0.252 e. The summed E-state index contributed by atoms with van der Waals surface area (Å²) in [7, 11) is 5.58. The van der Waals surface area contributed by atoms with Crippen molar-refractivity contribution in [3.63, 3.8) is 0 Å². The average Bonchev–Trinajstić information content (AvgIpc) is 2.59. The zero-order valence-electron chi connectivity index (χ0n) is 14.7. The zero-order chi connectivity index (χ0) is 17.5. The van der Waals surface area contributed by atoms with E-state index in [0.717, 1.165) is 17.7 Å². The number of fused-ring (bicyclic) bond motifs is 1. The molecule has 0 saturated carbocycles. The molecule has 1 aliphatic heterocycles. The molecule has 1 aromatic rings. The maximum atomic E-state index is 12.3. The molecule has 0 aliphatic carbocycles. The molecule has 0 atom stereocenters. The van der Waals surface area contributed by atoms with E-state index in [1.807, 2.05) is 23.9 Å². The van der Waals surface area contributed by atoms with Gasteiger partial charge in [0.25, 0.3) is 5.91 Å². The van der Waals surface area contributed by atoms with Crippen LogP contribution in [0, 0.1) is 0 Å². The van der Waals surface area contributed by atoms with E-state index in [4.69, 9.17) is 4.74 Å². The van der Waals surface area contributed by atoms with E-state index in [2.05, 4.69) is 10.3 Å². The summed E-state index contributed by atoms with van der Waals surface area (Å²) >= 11 is 0. The van der Waals surface area contributed by atoms with E-state index < -0.39 is 0 Å². The van der Waals surface area contributed by atoms with Gasteiger partial charge in [-0.05, 0) is 31.6 Å². The predicted octanol–water partition coefficient (Wildman–Crippen LogP) is 0.294. The number of amides is 2. The number of carbonyl (C=O) groups is 2. The molecule has 132 valence electrons. The van der Waals surface area contributed by atoms with Gasteiger partial charge in [-0.1, -0.05) is 0 Å². The van der Waals surface area contributed by atoms with Crippen LogP contribution < -0.4 is 5.32 Å². The fourth-order valence-corrected chi connectivity index (χ4v) is 2.70. The van der Waals surface area contributed by atoms with Crippen LogP contribution in [0.4, 0.5) is 0 Å². The van der Waals surface area contributed by atoms with E-state index in [0.29, 0.717) is 44.7 Å². The minimum atomic E-state index is -0.131. The number of hydrogen-bond acceptors (Lipinski definition) is 5. The quantitative estimate of drug-likeness (QED) is 0.726. The molecule has 0 unspecified atom stereocenters. The first kappa shape index (κ1) is 18.4. The van der Waals surface area contributed by atoms with Gasteiger partial charge >= 0.3 is 0 Å². The molecule has 1 N–H and O–H groups in total. The molecule has 0 spiro atoms. The summed E-state index contributed by atoms with van der Waals surface area (Å²) in [4.78, 5) is 32.2. The summed E-state index contributed by atoms with van der Waals surface area (Å²) in [5, 5.41) is 2.63. The van der Waals surface area contributed by atoms with E-state index in [1.54, 1.807) is 19.4 Å². The summed E-state index contributed by atoms with van der Waals surface area (Å²) in [6.45, 7) is 3.04. The highest BCUT2D eigenvalue weighted by molar-refractivity contribution is 5.95. The van der Waals surface area contributed by atoms with Crippen LogP contribution in [-0.2, 0) is 22.5 Å². The minimum Gasteiger partial charge on any atom is -0.380 e. The fraction of sp³-hybridized carbons (Fsp3) is 0.588. The third-order valence-corrected chi connectivity index (χ3v) is 4.11. The largest absolute Gasteiger partial charge is 0.380 e. The number of pyridine rings is 1. The molecule has 0 bridgehead atoms. The number of ether oxygens (including phenoxy) is 1. The SMILES string of the molecule is CNC(=O)c1cncc2c1CCN(C(=O)CCOCCN(C)C)C2. The Morgan fingerprint density at radius 1 is 1.33 bits per heavy atom. The lowest BCUT2D eigenvalue weighted by Gasteiger charge is -2.29. The summed E-state index contributed by atoms with van der Waals surface area (Å²) in [5.74, 6) is -0.0516. The average molecular weight is 334 g/mol. The number of likely N-dealkylation sites (N-methyl/N-ethyl adjacent to an activating group) is 1. The van der Waals surface area contributed by atoms with Crippen LogP contribution in [0.2, 0.25) is 0 Å². The van der Waals surface area contributed by atoms with Crippen molar-refractivity contribution in [2.75, 3.05) is 47.4 Å². The Kier molecular flexibility index (Phi) is 6.69. The molecule has 1 aliphatic rings. The van der Waals surface area contributed by atoms with Gasteiger partial charge in [0.1, 0.15) is 0 Å². The maximum absolute atomic E-state index is 12.3. The fourth-order valence-electron chi connectivity index (χ4n) is 2.70. The minimum absolute atomic E-state index is 0.0795. The van der Waals surface area contributed by atoms with Crippen LogP contribution in [0.3, 0.4) is 0 Å². The standard InChI is InChI=1S/C17H26N4O3/c1-18-17(23)15-11-19-10-13-12-21(6-4-14(13)15)16(22)5-8-24-9-7-20(2)3/h10-11H,4-9,12H2,1-3H3,(H,18,23). The van der Waals surface area contributed by atoms with Gasteiger partial charge in [0, 0.05) is 39.1 Å². The van der Waals surface area contributed by atoms with E-state index in [1.165, 1.54) is 0 Å². The molecule has 0 aromatic carbocycles. The second-order valence-corrected chi connectivity index (χ2v) is 6.13. The first-order chi connectivity index (χ1) is 11.5. The highest BCUT2D eigenvalue weighted by Crippen LogP contribution is 2.22. The summed E-state index contributed by atoms with van der Waals surface area (Å²) in [6.07, 6.45) is 4.39. The second kappa shape index (κ2) is 8.75. The molecule has 2 rings (SSSR count). The number of carbonyl (C=O) groups excluding carboxylic acids is 2. The molecule has 1 aromatic heterocycles. The van der Waals surface area contributed by atoms with Crippen LogP contribution in [0.1, 0.15) is 27.9 Å². The van der Waals surface area contributed by atoms with Crippen molar-refractivity contribution in [3.05, 3.63) is 29.1 Å². The van der Waals surface area contributed by atoms with Gasteiger partial charge in [-0.25, -0.2) is 0 Å². The van der Waals surface area contributed by atoms with Crippen LogP contribution >= 0.6 is 0 Å². The van der Waals surface area contributed by atoms with Crippen LogP contribution in [0.15, 0.2) is 12.4 Å². The Balaban J connectivity index is 1.88. The normalized spacial score (nSPS) is 13.8. The first-order valence-electron chi connectivity index (χ1n) is 8.21. The van der Waals surface area contributed by atoms with Gasteiger partial charge in [-0.3, -0.25) is 14.6 Å². The van der Waals surface area contributed by atoms with Gasteiger partial charge in [0.05, 0.1) is 25.2 Å². The molecular weight excluding hydrogens is 308 g/mol. The molecule has 0 saturated heterocycles. The molecule has 24 heavy (non-hydrogen) atoms. The Bertz CT molecular complexity index is 589. The van der Waals surface area contributed by atoms with Crippen molar-refractivity contribution in [1.29, 1.82) is 0 Å². The number of rotatable bonds is 7. The number of hydrogen-bond donors (Lipinski definition) is 1. The molecule has 2 amide bonds. The second-order valence-electron chi connectivity index (χ2n) is 6.13. The van der Waals surface area contributed by atoms with Crippen molar-refractivity contribution in [1.82, 2.24) is 20.1 Å². The van der Waals surface area contributed by atoms with Gasteiger partial charge in [0.2, 0.25) is 5.91 Å². The third kappa shape index (κ3) is 4.75. The number of nitrogens with zero attached hydrogens (tertiary/aromatic N) is 3. The van der Waals surface area contributed by atoms with Crippen LogP contribution in [-0.4, -0.2) is 74.0 Å². The van der Waals surface area contributed by atoms with Gasteiger partial charge in [0.15, 0.2) is 0 Å². The van der Waals surface area contributed by atoms with E-state index >= 15 is 0 Å². The predicted molar refractivity (Wildman–Crippen MR) is 90.7 cm³/mol. The zero-order valence-corrected chi connectivity index (χ0v) is 14.7. The summed E-state index contributed by atoms with van der Waals surface area (Å²) < 4.78 is 5.49. The number of aromatic nitrogens is 1. The van der Waals surface area contributed by atoms with Gasteiger partial charge in [-0.15, -0.1) is 0 Å². The molecule has 0 radical (unpaired) electrons. The van der Waals surface area contributed by atoms with Crippen molar-refractivity contribution in [2.24, 2.45) is 0 Å². The Hall–Kier alpha value is -1.99.